The number of allylic oxidation sites excluding steroid dienone is 4. The predicted molar refractivity (Wildman–Crippen MR) is 117 cm³/mol. The average molecular weight is 425 g/mol. The maximum Gasteiger partial charge on any atom is 0.178 e. The van der Waals surface area contributed by atoms with Gasteiger partial charge in [-0.25, -0.2) is 4.39 Å². The number of fused-ring (bicyclic) bond motifs is 5. The molecule has 4 rings (SSSR count). The monoisotopic (exact) mass is 424 g/mol. The van der Waals surface area contributed by atoms with E-state index >= 15 is 4.39 Å². The van der Waals surface area contributed by atoms with Gasteiger partial charge in [-0.2, -0.15) is 0 Å². The molecule has 0 heterocycles. The summed E-state index contributed by atoms with van der Waals surface area (Å²) < 4.78 is 17.1. The number of alkyl halides is 1. The van der Waals surface area contributed by atoms with Crippen LogP contribution in [0.4, 0.5) is 4.39 Å². The second-order valence-electron chi connectivity index (χ2n) is 9.42. The summed E-state index contributed by atoms with van der Waals surface area (Å²) in [6.45, 7) is 8.65. The first-order valence-corrected chi connectivity index (χ1v) is 12.7. The molecule has 0 saturated heterocycles. The third kappa shape index (κ3) is 2.48. The van der Waals surface area contributed by atoms with E-state index in [9.17, 15) is 9.90 Å². The molecule has 4 aliphatic rings. The Balaban J connectivity index is 1.78. The summed E-state index contributed by atoms with van der Waals surface area (Å²) in [5.41, 5.74) is -1.76. The Morgan fingerprint density at radius 3 is 2.50 bits per heavy atom. The van der Waals surface area contributed by atoms with Crippen LogP contribution in [-0.4, -0.2) is 38.2 Å². The third-order valence-corrected chi connectivity index (χ3v) is 12.0. The molecule has 0 aromatic rings. The van der Waals surface area contributed by atoms with Gasteiger partial charge in [-0.1, -0.05) is 32.4 Å². The van der Waals surface area contributed by atoms with Crippen molar-refractivity contribution in [2.75, 3.05) is 11.5 Å². The Hall–Kier alpha value is -0.260. The topological polar surface area (TPSA) is 37.3 Å². The fourth-order valence-electron chi connectivity index (χ4n) is 7.14. The van der Waals surface area contributed by atoms with Crippen LogP contribution in [0, 0.1) is 22.7 Å². The molecule has 3 saturated carbocycles. The van der Waals surface area contributed by atoms with Gasteiger partial charge in [0, 0.05) is 11.3 Å². The van der Waals surface area contributed by atoms with E-state index in [1.807, 2.05) is 30.4 Å². The van der Waals surface area contributed by atoms with Gasteiger partial charge in [0.15, 0.2) is 11.5 Å². The Kier molecular flexibility index (Phi) is 5.16. The Morgan fingerprint density at radius 2 is 1.86 bits per heavy atom. The number of thioether (sulfide) groups is 2. The molecule has 0 bridgehead atoms. The zero-order valence-corrected chi connectivity index (χ0v) is 19.1. The molecule has 0 aromatic heterocycles. The van der Waals surface area contributed by atoms with Crippen LogP contribution in [0.3, 0.4) is 0 Å². The first kappa shape index (κ1) is 21.0. The maximum absolute atomic E-state index is 17.0. The summed E-state index contributed by atoms with van der Waals surface area (Å²) in [7, 11) is 0. The quantitative estimate of drug-likeness (QED) is 0.600. The van der Waals surface area contributed by atoms with Gasteiger partial charge in [0.1, 0.15) is 0 Å². The van der Waals surface area contributed by atoms with Crippen molar-refractivity contribution in [1.29, 1.82) is 0 Å². The minimum absolute atomic E-state index is 0.0526. The van der Waals surface area contributed by atoms with Gasteiger partial charge in [-0.05, 0) is 74.0 Å². The van der Waals surface area contributed by atoms with Crippen molar-refractivity contribution in [2.45, 2.75) is 75.7 Å². The second-order valence-corrected chi connectivity index (χ2v) is 12.8. The van der Waals surface area contributed by atoms with Crippen molar-refractivity contribution in [3.05, 3.63) is 23.8 Å². The molecule has 3 fully saturated rings. The number of aliphatic hydroxyl groups excluding tert-OH is 1. The SMILES string of the molecule is CCSC1(SCC)CC[C@H]2[C@@H]3CCC4=CC(=O)C=C[C@]4(C)[C@@]3(F)[C@@H](O)C[C@@]21C. The zero-order valence-electron chi connectivity index (χ0n) is 17.5. The van der Waals surface area contributed by atoms with Crippen LogP contribution < -0.4 is 0 Å². The van der Waals surface area contributed by atoms with Gasteiger partial charge < -0.3 is 5.11 Å². The molecule has 2 nitrogen and oxygen atoms in total. The van der Waals surface area contributed by atoms with Crippen LogP contribution in [0.2, 0.25) is 0 Å². The van der Waals surface area contributed by atoms with E-state index < -0.39 is 17.2 Å². The van der Waals surface area contributed by atoms with E-state index in [1.54, 1.807) is 12.2 Å². The van der Waals surface area contributed by atoms with Gasteiger partial charge >= 0.3 is 0 Å². The van der Waals surface area contributed by atoms with Gasteiger partial charge in [0.05, 0.1) is 10.2 Å². The molecule has 0 amide bonds. The fourth-order valence-corrected chi connectivity index (χ4v) is 10.8. The van der Waals surface area contributed by atoms with E-state index in [4.69, 9.17) is 0 Å². The lowest BCUT2D eigenvalue weighted by molar-refractivity contribution is -0.189. The molecular weight excluding hydrogens is 391 g/mol. The largest absolute Gasteiger partial charge is 0.390 e. The molecular formula is C23H33FO2S2. The van der Waals surface area contributed by atoms with Gasteiger partial charge in [-0.3, -0.25) is 4.79 Å². The van der Waals surface area contributed by atoms with Gasteiger partial charge in [0.2, 0.25) is 0 Å². The summed E-state index contributed by atoms with van der Waals surface area (Å²) >= 11 is 4.03. The maximum atomic E-state index is 17.0. The van der Waals surface area contributed by atoms with E-state index in [0.29, 0.717) is 6.42 Å². The molecule has 0 aliphatic heterocycles. The zero-order chi connectivity index (χ0) is 20.4. The number of carbonyl (C=O) groups is 1. The molecule has 6 atom stereocenters. The van der Waals surface area contributed by atoms with Crippen molar-refractivity contribution in [3.63, 3.8) is 0 Å². The highest BCUT2D eigenvalue weighted by Crippen LogP contribution is 2.73. The van der Waals surface area contributed by atoms with Gasteiger partial charge in [0.25, 0.3) is 0 Å². The summed E-state index contributed by atoms with van der Waals surface area (Å²) in [4.78, 5) is 11.9. The van der Waals surface area contributed by atoms with Crippen LogP contribution in [0.15, 0.2) is 23.8 Å². The Morgan fingerprint density at radius 1 is 1.18 bits per heavy atom. The smallest absolute Gasteiger partial charge is 0.178 e. The molecule has 0 unspecified atom stereocenters. The van der Waals surface area contributed by atoms with E-state index in [1.165, 1.54) is 6.08 Å². The van der Waals surface area contributed by atoms with Crippen molar-refractivity contribution in [1.82, 2.24) is 0 Å². The summed E-state index contributed by atoms with van der Waals surface area (Å²) in [6.07, 6.45) is 8.02. The first-order chi connectivity index (χ1) is 13.2. The minimum Gasteiger partial charge on any atom is -0.390 e. The lowest BCUT2D eigenvalue weighted by Gasteiger charge is -2.63. The number of ketones is 1. The Labute approximate surface area is 177 Å². The summed E-state index contributed by atoms with van der Waals surface area (Å²) in [5, 5.41) is 11.4. The molecule has 28 heavy (non-hydrogen) atoms. The molecule has 4 aliphatic carbocycles. The van der Waals surface area contributed by atoms with Crippen LogP contribution in [-0.2, 0) is 4.79 Å². The van der Waals surface area contributed by atoms with Crippen molar-refractivity contribution >= 4 is 29.3 Å². The lowest BCUT2D eigenvalue weighted by atomic mass is 9.46. The number of halogens is 1. The number of hydrogen-bond acceptors (Lipinski definition) is 4. The average Bonchev–Trinajstić information content (AvgIpc) is 2.90. The van der Waals surface area contributed by atoms with Crippen LogP contribution in [0.25, 0.3) is 0 Å². The standard InChI is InChI=1S/C23H33FO2S2/c1-5-27-22(28-6-2)12-10-17-18-8-7-15-13-16(25)9-11-20(15,3)23(18,24)19(26)14-21(17,22)4/h9,11,13,17-19,26H,5-8,10,12,14H2,1-4H3/t17-,18-,19-,20-,21-,23-/m0/s1. The molecule has 156 valence electrons. The molecule has 1 N–H and O–H groups in total. The van der Waals surface area contributed by atoms with Crippen LogP contribution in [0.5, 0.6) is 0 Å². The predicted octanol–water partition coefficient (Wildman–Crippen LogP) is 5.56. The van der Waals surface area contributed by atoms with Gasteiger partial charge in [-0.15, -0.1) is 23.5 Å². The lowest BCUT2D eigenvalue weighted by Crippen LogP contribution is -2.67. The summed E-state index contributed by atoms with van der Waals surface area (Å²) in [5.74, 6) is 2.17. The van der Waals surface area contributed by atoms with E-state index in [-0.39, 0.29) is 27.1 Å². The molecule has 5 heteroatoms. The number of aliphatic hydroxyl groups is 1. The van der Waals surface area contributed by atoms with Crippen molar-refractivity contribution in [2.24, 2.45) is 22.7 Å². The normalized spacial score (nSPS) is 46.6. The highest BCUT2D eigenvalue weighted by molar-refractivity contribution is 8.18. The molecule has 0 spiro atoms. The van der Waals surface area contributed by atoms with Crippen LogP contribution in [0.1, 0.15) is 59.8 Å². The third-order valence-electron chi connectivity index (χ3n) is 8.44. The fraction of sp³-hybridized carbons (Fsp3) is 0.783. The summed E-state index contributed by atoms with van der Waals surface area (Å²) in [6, 6.07) is 0. The minimum atomic E-state index is -1.69. The van der Waals surface area contributed by atoms with E-state index in [2.05, 4.69) is 20.8 Å². The van der Waals surface area contributed by atoms with E-state index in [0.717, 1.165) is 42.8 Å². The van der Waals surface area contributed by atoms with Crippen molar-refractivity contribution < 1.29 is 14.3 Å². The number of hydrogen-bond donors (Lipinski definition) is 1. The molecule has 0 radical (unpaired) electrons. The number of carbonyl (C=O) groups excluding carboxylic acids is 1. The number of rotatable bonds is 4. The highest BCUT2D eigenvalue weighted by Gasteiger charge is 2.73. The Bertz CT molecular complexity index is 728. The van der Waals surface area contributed by atoms with Crippen LogP contribution >= 0.6 is 23.5 Å². The molecule has 0 aromatic carbocycles. The second kappa shape index (κ2) is 6.88. The van der Waals surface area contributed by atoms with Crippen molar-refractivity contribution in [3.8, 4) is 0 Å². The highest BCUT2D eigenvalue weighted by atomic mass is 32.2. The first-order valence-electron chi connectivity index (χ1n) is 10.8.